The summed E-state index contributed by atoms with van der Waals surface area (Å²) in [5.41, 5.74) is 0.154. The van der Waals surface area contributed by atoms with E-state index in [0.29, 0.717) is 12.1 Å². The fourth-order valence-corrected chi connectivity index (χ4v) is 4.06. The van der Waals surface area contributed by atoms with Gasteiger partial charge in [0.05, 0.1) is 10.6 Å². The van der Waals surface area contributed by atoms with Gasteiger partial charge in [-0.2, -0.15) is 0 Å². The molecule has 5 nitrogen and oxygen atoms in total. The molecule has 1 amide bonds. The summed E-state index contributed by atoms with van der Waals surface area (Å²) in [7, 11) is -4.25. The van der Waals surface area contributed by atoms with E-state index < -0.39 is 38.3 Å². The molecule has 0 saturated carbocycles. The number of anilines is 2. The third-order valence-corrected chi connectivity index (χ3v) is 5.68. The molecule has 0 atom stereocenters. The van der Waals surface area contributed by atoms with E-state index in [2.05, 4.69) is 10.0 Å². The van der Waals surface area contributed by atoms with Gasteiger partial charge in [-0.15, -0.1) is 11.3 Å². The van der Waals surface area contributed by atoms with Gasteiger partial charge in [0.15, 0.2) is 11.6 Å². The smallest absolute Gasteiger partial charge is 0.267 e. The Labute approximate surface area is 156 Å². The largest absolute Gasteiger partial charge is 0.321 e. The van der Waals surface area contributed by atoms with Gasteiger partial charge >= 0.3 is 0 Å². The fraction of sp³-hybridized carbons (Fsp3) is 0. The second-order valence-electron chi connectivity index (χ2n) is 5.31. The van der Waals surface area contributed by atoms with Crippen LogP contribution in [0.4, 0.5) is 24.5 Å². The molecule has 0 fully saturated rings. The summed E-state index contributed by atoms with van der Waals surface area (Å²) >= 11 is 0.956. The summed E-state index contributed by atoms with van der Waals surface area (Å²) in [6.45, 7) is 0. The van der Waals surface area contributed by atoms with Crippen molar-refractivity contribution in [3.63, 3.8) is 0 Å². The van der Waals surface area contributed by atoms with Crippen LogP contribution in [-0.4, -0.2) is 14.3 Å². The number of hydrogen-bond acceptors (Lipinski definition) is 4. The average molecular weight is 412 g/mol. The van der Waals surface area contributed by atoms with E-state index in [1.165, 1.54) is 29.6 Å². The van der Waals surface area contributed by atoms with Crippen LogP contribution in [0.2, 0.25) is 0 Å². The number of amides is 1. The predicted octanol–water partition coefficient (Wildman–Crippen LogP) is 4.22. The van der Waals surface area contributed by atoms with Gasteiger partial charge in [-0.1, -0.05) is 6.07 Å². The maximum absolute atomic E-state index is 13.3. The van der Waals surface area contributed by atoms with E-state index in [4.69, 9.17) is 0 Å². The number of nitrogens with one attached hydrogen (secondary N) is 2. The molecular formula is C17H11F3N2O3S2. The summed E-state index contributed by atoms with van der Waals surface area (Å²) < 4.78 is 66.4. The van der Waals surface area contributed by atoms with Crippen LogP contribution in [0.15, 0.2) is 58.8 Å². The minimum Gasteiger partial charge on any atom is -0.321 e. The Hall–Kier alpha value is -2.85. The monoisotopic (exact) mass is 412 g/mol. The molecule has 1 heterocycles. The predicted molar refractivity (Wildman–Crippen MR) is 95.8 cm³/mol. The first-order valence-electron chi connectivity index (χ1n) is 7.38. The summed E-state index contributed by atoms with van der Waals surface area (Å²) in [5, 5.41) is 3.93. The zero-order chi connectivity index (χ0) is 19.6. The Kier molecular flexibility index (Phi) is 5.19. The van der Waals surface area contributed by atoms with Crippen LogP contribution < -0.4 is 10.0 Å². The number of carbonyl (C=O) groups is 1. The van der Waals surface area contributed by atoms with Crippen LogP contribution in [0.3, 0.4) is 0 Å². The molecule has 3 aromatic rings. The van der Waals surface area contributed by atoms with Crippen molar-refractivity contribution in [2.45, 2.75) is 4.90 Å². The maximum atomic E-state index is 13.3. The van der Waals surface area contributed by atoms with Crippen molar-refractivity contribution in [2.24, 2.45) is 0 Å². The highest BCUT2D eigenvalue weighted by atomic mass is 32.2. The van der Waals surface area contributed by atoms with Gasteiger partial charge in [0, 0.05) is 5.69 Å². The summed E-state index contributed by atoms with van der Waals surface area (Å²) in [6, 6.07) is 8.68. The molecule has 0 aliphatic heterocycles. The van der Waals surface area contributed by atoms with Gasteiger partial charge < -0.3 is 5.32 Å². The molecule has 2 aromatic carbocycles. The standard InChI is InChI=1S/C17H11F3N2O3S2/c18-10-2-1-3-11(8-10)21-17(23)16-15(6-7-26-16)22-27(24,25)12-4-5-13(19)14(20)9-12/h1-9,22H,(H,21,23). The van der Waals surface area contributed by atoms with Gasteiger partial charge in [0.1, 0.15) is 10.7 Å². The van der Waals surface area contributed by atoms with Crippen molar-refractivity contribution in [3.05, 3.63) is 76.2 Å². The Morgan fingerprint density at radius 3 is 2.44 bits per heavy atom. The quantitative estimate of drug-likeness (QED) is 0.659. The summed E-state index contributed by atoms with van der Waals surface area (Å²) in [4.78, 5) is 11.9. The van der Waals surface area contributed by atoms with E-state index in [0.717, 1.165) is 23.5 Å². The first-order chi connectivity index (χ1) is 12.8. The second kappa shape index (κ2) is 7.41. The van der Waals surface area contributed by atoms with Crippen LogP contribution in [-0.2, 0) is 10.0 Å². The molecule has 0 aliphatic rings. The van der Waals surface area contributed by atoms with E-state index >= 15 is 0 Å². The summed E-state index contributed by atoms with van der Waals surface area (Å²) in [5.74, 6) is -3.69. The molecule has 27 heavy (non-hydrogen) atoms. The number of thiophene rings is 1. The first-order valence-corrected chi connectivity index (χ1v) is 9.75. The lowest BCUT2D eigenvalue weighted by atomic mass is 10.3. The van der Waals surface area contributed by atoms with Gasteiger partial charge in [-0.05, 0) is 47.8 Å². The van der Waals surface area contributed by atoms with E-state index in [1.807, 2.05) is 0 Å². The van der Waals surface area contributed by atoms with Crippen molar-refractivity contribution in [2.75, 3.05) is 10.0 Å². The highest BCUT2D eigenvalue weighted by Crippen LogP contribution is 2.27. The van der Waals surface area contributed by atoms with Crippen molar-refractivity contribution < 1.29 is 26.4 Å². The highest BCUT2D eigenvalue weighted by Gasteiger charge is 2.21. The number of benzene rings is 2. The molecule has 3 rings (SSSR count). The minimum atomic E-state index is -4.25. The van der Waals surface area contributed by atoms with Crippen LogP contribution >= 0.6 is 11.3 Å². The minimum absolute atomic E-state index is 0.0189. The van der Waals surface area contributed by atoms with Gasteiger partial charge in [0.25, 0.3) is 15.9 Å². The SMILES string of the molecule is O=C(Nc1cccc(F)c1)c1sccc1NS(=O)(=O)c1ccc(F)c(F)c1. The molecule has 0 unspecified atom stereocenters. The Balaban J connectivity index is 1.84. The highest BCUT2D eigenvalue weighted by molar-refractivity contribution is 7.92. The third kappa shape index (κ3) is 4.29. The molecule has 10 heteroatoms. The number of rotatable bonds is 5. The Morgan fingerprint density at radius 2 is 1.74 bits per heavy atom. The molecule has 2 N–H and O–H groups in total. The zero-order valence-corrected chi connectivity index (χ0v) is 15.0. The molecule has 140 valence electrons. The van der Waals surface area contributed by atoms with Crippen molar-refractivity contribution in [1.82, 2.24) is 0 Å². The van der Waals surface area contributed by atoms with E-state index in [9.17, 15) is 26.4 Å². The average Bonchev–Trinajstić information content (AvgIpc) is 3.04. The Morgan fingerprint density at radius 1 is 0.963 bits per heavy atom. The lowest BCUT2D eigenvalue weighted by Crippen LogP contribution is -2.17. The maximum Gasteiger partial charge on any atom is 0.267 e. The normalized spacial score (nSPS) is 11.2. The molecule has 0 aliphatic carbocycles. The van der Waals surface area contributed by atoms with Gasteiger partial charge in [-0.25, -0.2) is 21.6 Å². The molecule has 0 bridgehead atoms. The molecular weight excluding hydrogens is 401 g/mol. The summed E-state index contributed by atoms with van der Waals surface area (Å²) in [6.07, 6.45) is 0. The topological polar surface area (TPSA) is 75.3 Å². The number of halogens is 3. The second-order valence-corrected chi connectivity index (χ2v) is 7.91. The van der Waals surface area contributed by atoms with E-state index in [1.54, 1.807) is 0 Å². The zero-order valence-electron chi connectivity index (χ0n) is 13.4. The molecule has 1 aromatic heterocycles. The fourth-order valence-electron chi connectivity index (χ4n) is 2.17. The van der Waals surface area contributed by atoms with Gasteiger partial charge in [-0.3, -0.25) is 9.52 Å². The first kappa shape index (κ1) is 18.9. The van der Waals surface area contributed by atoms with E-state index in [-0.39, 0.29) is 16.3 Å². The number of sulfonamides is 1. The Bertz CT molecular complexity index is 1110. The lowest BCUT2D eigenvalue weighted by Gasteiger charge is -2.10. The molecule has 0 radical (unpaired) electrons. The molecule has 0 saturated heterocycles. The molecule has 0 spiro atoms. The van der Waals surface area contributed by atoms with Crippen LogP contribution in [0.5, 0.6) is 0 Å². The lowest BCUT2D eigenvalue weighted by molar-refractivity contribution is 0.103. The van der Waals surface area contributed by atoms with Crippen LogP contribution in [0.25, 0.3) is 0 Å². The number of hydrogen-bond donors (Lipinski definition) is 2. The van der Waals surface area contributed by atoms with Crippen LogP contribution in [0, 0.1) is 17.5 Å². The van der Waals surface area contributed by atoms with Crippen molar-refractivity contribution >= 4 is 38.6 Å². The van der Waals surface area contributed by atoms with Crippen molar-refractivity contribution in [1.29, 1.82) is 0 Å². The van der Waals surface area contributed by atoms with Crippen LogP contribution in [0.1, 0.15) is 9.67 Å². The van der Waals surface area contributed by atoms with Gasteiger partial charge in [0.2, 0.25) is 0 Å². The van der Waals surface area contributed by atoms with Crippen molar-refractivity contribution in [3.8, 4) is 0 Å². The third-order valence-electron chi connectivity index (χ3n) is 3.40. The number of carbonyl (C=O) groups excluding carboxylic acids is 1.